The van der Waals surface area contributed by atoms with Gasteiger partial charge in [-0.1, -0.05) is 65.3 Å². The molecule has 0 bridgehead atoms. The van der Waals surface area contributed by atoms with Crippen LogP contribution in [0.3, 0.4) is 0 Å². The van der Waals surface area contributed by atoms with E-state index in [1.54, 1.807) is 0 Å². The summed E-state index contributed by atoms with van der Waals surface area (Å²) >= 11 is 0. The van der Waals surface area contributed by atoms with Gasteiger partial charge in [0.2, 0.25) is 0 Å². The van der Waals surface area contributed by atoms with Crippen LogP contribution in [0, 0.1) is 46.3 Å². The van der Waals surface area contributed by atoms with Crippen LogP contribution < -0.4 is 0 Å². The molecule has 3 heteroatoms. The van der Waals surface area contributed by atoms with Crippen LogP contribution >= 0.6 is 0 Å². The summed E-state index contributed by atoms with van der Waals surface area (Å²) in [7, 11) is 0. The van der Waals surface area contributed by atoms with Crippen LogP contribution in [-0.2, 0) is 0 Å². The van der Waals surface area contributed by atoms with Crippen molar-refractivity contribution in [3.05, 3.63) is 23.8 Å². The van der Waals surface area contributed by atoms with Crippen molar-refractivity contribution in [1.82, 2.24) is 0 Å². The maximum absolute atomic E-state index is 11.6. The van der Waals surface area contributed by atoms with E-state index in [1.165, 1.54) is 24.8 Å². The van der Waals surface area contributed by atoms with Gasteiger partial charge in [0.05, 0.1) is 6.10 Å². The second kappa shape index (κ2) is 7.99. The highest BCUT2D eigenvalue weighted by Crippen LogP contribution is 2.67. The third kappa shape index (κ3) is 3.49. The Labute approximate surface area is 190 Å². The summed E-state index contributed by atoms with van der Waals surface area (Å²) in [5.41, 5.74) is 0.160. The Hall–Kier alpha value is -0.640. The molecule has 10 atom stereocenters. The number of allylic oxidation sites excluding steroid dienone is 3. The third-order valence-electron chi connectivity index (χ3n) is 10.7. The van der Waals surface area contributed by atoms with Crippen LogP contribution in [0.4, 0.5) is 0 Å². The molecule has 0 spiro atoms. The fourth-order valence-corrected chi connectivity index (χ4v) is 8.16. The number of fused-ring (bicyclic) bond motifs is 5. The van der Waals surface area contributed by atoms with Crippen LogP contribution in [0.5, 0.6) is 0 Å². The van der Waals surface area contributed by atoms with Crippen molar-refractivity contribution in [3.63, 3.8) is 0 Å². The molecule has 31 heavy (non-hydrogen) atoms. The molecule has 0 amide bonds. The first-order valence-corrected chi connectivity index (χ1v) is 12.9. The van der Waals surface area contributed by atoms with E-state index in [0.717, 1.165) is 19.3 Å². The van der Waals surface area contributed by atoms with Gasteiger partial charge in [0, 0.05) is 11.8 Å². The van der Waals surface area contributed by atoms with Gasteiger partial charge in [-0.15, -0.1) is 0 Å². The smallest absolute Gasteiger partial charge is 0.102 e. The van der Waals surface area contributed by atoms with Crippen molar-refractivity contribution < 1.29 is 15.3 Å². The molecule has 3 nitrogen and oxygen atoms in total. The van der Waals surface area contributed by atoms with Crippen LogP contribution in [0.25, 0.3) is 0 Å². The maximum Gasteiger partial charge on any atom is 0.102 e. The van der Waals surface area contributed by atoms with E-state index in [-0.39, 0.29) is 10.8 Å². The molecule has 0 radical (unpaired) electrons. The second-order valence-electron chi connectivity index (χ2n) is 12.5. The van der Waals surface area contributed by atoms with Gasteiger partial charge in [0.15, 0.2) is 0 Å². The number of aliphatic hydroxyl groups excluding tert-OH is 2. The molecule has 0 aliphatic heterocycles. The van der Waals surface area contributed by atoms with E-state index < -0.39 is 17.8 Å². The van der Waals surface area contributed by atoms with Crippen molar-refractivity contribution in [3.8, 4) is 0 Å². The van der Waals surface area contributed by atoms with Gasteiger partial charge >= 0.3 is 0 Å². The Morgan fingerprint density at radius 1 is 0.935 bits per heavy atom. The summed E-state index contributed by atoms with van der Waals surface area (Å²) < 4.78 is 0. The average molecular weight is 431 g/mol. The number of rotatable bonds is 4. The molecule has 0 aromatic carbocycles. The van der Waals surface area contributed by atoms with Crippen LogP contribution in [0.15, 0.2) is 23.8 Å². The van der Waals surface area contributed by atoms with Crippen molar-refractivity contribution in [2.24, 2.45) is 46.3 Å². The largest absolute Gasteiger partial charge is 0.393 e. The fraction of sp³-hybridized carbons (Fsp3) is 0.857. The van der Waals surface area contributed by atoms with Crippen molar-refractivity contribution >= 4 is 0 Å². The Balaban J connectivity index is 1.61. The van der Waals surface area contributed by atoms with Crippen LogP contribution in [0.2, 0.25) is 0 Å². The van der Waals surface area contributed by atoms with Crippen LogP contribution in [-0.4, -0.2) is 33.1 Å². The van der Waals surface area contributed by atoms with E-state index in [1.807, 2.05) is 6.08 Å². The lowest BCUT2D eigenvalue weighted by molar-refractivity contribution is -0.210. The maximum atomic E-state index is 11.6. The van der Waals surface area contributed by atoms with Gasteiger partial charge in [-0.3, -0.25) is 0 Å². The molecular formula is C28H46O3. The monoisotopic (exact) mass is 430 g/mol. The lowest BCUT2D eigenvalue weighted by atomic mass is 9.45. The average Bonchev–Trinajstić information content (AvgIpc) is 3.05. The number of hydrogen-bond acceptors (Lipinski definition) is 3. The van der Waals surface area contributed by atoms with Gasteiger partial charge in [-0.05, 0) is 79.4 Å². The molecule has 0 aromatic rings. The summed E-state index contributed by atoms with van der Waals surface area (Å²) in [6.45, 7) is 14.0. The Bertz CT molecular complexity index is 741. The van der Waals surface area contributed by atoms with E-state index >= 15 is 0 Å². The van der Waals surface area contributed by atoms with Gasteiger partial charge in [-0.25, -0.2) is 0 Å². The Kier molecular flexibility index (Phi) is 6.06. The number of aliphatic hydroxyl groups is 3. The SMILES string of the molecule is CC(C)[C@@H](C)/C=C\[C@@H](C)[C@H]1CC[C@H]2C3=C[C@@H](O)[C@@]4(O)C[C@@H](O)CC[C@]4(C)[C@H]3CC[C@]12C. The molecule has 0 unspecified atom stereocenters. The summed E-state index contributed by atoms with van der Waals surface area (Å²) in [6.07, 6.45) is 12.1. The topological polar surface area (TPSA) is 60.7 Å². The molecule has 4 aliphatic carbocycles. The first kappa shape index (κ1) is 23.5. The van der Waals surface area contributed by atoms with E-state index in [2.05, 4.69) is 53.7 Å². The highest BCUT2D eigenvalue weighted by molar-refractivity contribution is 5.33. The molecule has 0 aromatic heterocycles. The van der Waals surface area contributed by atoms with E-state index in [9.17, 15) is 15.3 Å². The van der Waals surface area contributed by atoms with Gasteiger partial charge in [-0.2, -0.15) is 0 Å². The lowest BCUT2D eigenvalue weighted by Gasteiger charge is -2.62. The highest BCUT2D eigenvalue weighted by atomic mass is 16.3. The fourth-order valence-electron chi connectivity index (χ4n) is 8.16. The normalized spacial score (nSPS) is 49.4. The lowest BCUT2D eigenvalue weighted by Crippen LogP contribution is -2.65. The molecule has 3 saturated carbocycles. The van der Waals surface area contributed by atoms with Gasteiger partial charge < -0.3 is 15.3 Å². The Morgan fingerprint density at radius 3 is 2.32 bits per heavy atom. The molecule has 0 heterocycles. The number of hydrogen-bond donors (Lipinski definition) is 3. The summed E-state index contributed by atoms with van der Waals surface area (Å²) in [6, 6.07) is 0. The van der Waals surface area contributed by atoms with Gasteiger partial charge in [0.25, 0.3) is 0 Å². The zero-order valence-corrected chi connectivity index (χ0v) is 20.6. The predicted molar refractivity (Wildman–Crippen MR) is 126 cm³/mol. The predicted octanol–water partition coefficient (Wildman–Crippen LogP) is 5.50. The second-order valence-corrected chi connectivity index (χ2v) is 12.5. The molecule has 3 N–H and O–H groups in total. The summed E-state index contributed by atoms with van der Waals surface area (Å²) in [4.78, 5) is 0. The van der Waals surface area contributed by atoms with Crippen molar-refractivity contribution in [2.75, 3.05) is 0 Å². The minimum Gasteiger partial charge on any atom is -0.393 e. The van der Waals surface area contributed by atoms with Gasteiger partial charge in [0.1, 0.15) is 11.7 Å². The summed E-state index contributed by atoms with van der Waals surface area (Å²) in [5.74, 6) is 3.37. The quantitative estimate of drug-likeness (QED) is 0.516. The molecular weight excluding hydrogens is 384 g/mol. The first-order valence-electron chi connectivity index (χ1n) is 12.9. The first-order chi connectivity index (χ1) is 14.4. The summed E-state index contributed by atoms with van der Waals surface area (Å²) in [5, 5.41) is 32.9. The molecule has 0 saturated heterocycles. The Morgan fingerprint density at radius 2 is 1.65 bits per heavy atom. The van der Waals surface area contributed by atoms with E-state index in [4.69, 9.17) is 0 Å². The molecule has 4 rings (SSSR count). The van der Waals surface area contributed by atoms with Crippen molar-refractivity contribution in [1.29, 1.82) is 0 Å². The zero-order valence-electron chi connectivity index (χ0n) is 20.6. The van der Waals surface area contributed by atoms with Crippen LogP contribution in [0.1, 0.15) is 86.5 Å². The zero-order chi connectivity index (χ0) is 22.8. The molecule has 176 valence electrons. The standard InChI is InChI=1S/C28H46O3/c1-17(2)18(3)7-8-19(4)22-9-10-23-21-15-25(30)28(31)16-20(29)11-14-27(28,6)24(21)12-13-26(22,23)5/h7-8,15,17-20,22-25,29-31H,9-14,16H2,1-6H3/b8-7-/t18-,19+,20-,22+,23-,24-,25+,26+,27+,28-/m0/s1. The van der Waals surface area contributed by atoms with Crippen molar-refractivity contribution in [2.45, 2.75) is 104 Å². The molecule has 3 fully saturated rings. The minimum atomic E-state index is -1.20. The minimum absolute atomic E-state index is 0.271. The highest BCUT2D eigenvalue weighted by Gasteiger charge is 2.64. The third-order valence-corrected chi connectivity index (χ3v) is 10.7. The molecule has 4 aliphatic rings. The van der Waals surface area contributed by atoms with E-state index in [0.29, 0.717) is 41.9 Å².